The van der Waals surface area contributed by atoms with Gasteiger partial charge >= 0.3 is 0 Å². The second kappa shape index (κ2) is 14.2. The molecule has 0 atom stereocenters. The number of nitrogens with zero attached hydrogens (tertiary/aromatic N) is 1. The number of anilines is 4. The molecule has 0 radical (unpaired) electrons. The van der Waals surface area contributed by atoms with E-state index in [1.807, 2.05) is 29.5 Å². The van der Waals surface area contributed by atoms with Gasteiger partial charge in [0.05, 0.1) is 10.4 Å². The van der Waals surface area contributed by atoms with Gasteiger partial charge in [-0.3, -0.25) is 0 Å². The summed E-state index contributed by atoms with van der Waals surface area (Å²) in [5.74, 6) is 0. The summed E-state index contributed by atoms with van der Waals surface area (Å²) in [5, 5.41) is 2.56. The number of thiophene rings is 1. The van der Waals surface area contributed by atoms with Crippen LogP contribution in [0, 0.1) is 13.8 Å². The van der Waals surface area contributed by atoms with Crippen molar-refractivity contribution in [1.29, 1.82) is 0 Å². The molecule has 7 aromatic carbocycles. The van der Waals surface area contributed by atoms with Gasteiger partial charge in [0.1, 0.15) is 0 Å². The van der Waals surface area contributed by atoms with E-state index < -0.39 is 0 Å². The molecule has 52 heavy (non-hydrogen) atoms. The predicted octanol–water partition coefficient (Wildman–Crippen LogP) is 14.2. The number of para-hydroxylation sites is 1. The molecule has 252 valence electrons. The minimum absolute atomic E-state index is 0.770. The summed E-state index contributed by atoms with van der Waals surface area (Å²) in [5.41, 5.74) is 21.4. The third kappa shape index (κ3) is 6.21. The monoisotopic (exact) mass is 688 g/mol. The van der Waals surface area contributed by atoms with Crippen LogP contribution < -0.4 is 10.6 Å². The summed E-state index contributed by atoms with van der Waals surface area (Å²) in [7, 11) is 0. The SMILES string of the molecule is C/C=C(\C=C/c1cccc(-c2ccccc2C)c1C)c1ccc(N(c2cccc(-c3ccccc3N)c2)c2cccc3c2sc2ccccc23)cc1. The summed E-state index contributed by atoms with van der Waals surface area (Å²) in [4.78, 5) is 2.38. The summed E-state index contributed by atoms with van der Waals surface area (Å²) in [6.07, 6.45) is 6.67. The normalized spacial score (nSPS) is 11.9. The highest BCUT2D eigenvalue weighted by molar-refractivity contribution is 7.26. The topological polar surface area (TPSA) is 29.3 Å². The Balaban J connectivity index is 1.19. The molecule has 0 amide bonds. The molecule has 0 saturated heterocycles. The Bertz CT molecular complexity index is 2620. The Hall–Kier alpha value is -6.16. The predicted molar refractivity (Wildman–Crippen MR) is 228 cm³/mol. The highest BCUT2D eigenvalue weighted by Gasteiger charge is 2.19. The first-order valence-electron chi connectivity index (χ1n) is 17.8. The Kier molecular flexibility index (Phi) is 9.03. The van der Waals surface area contributed by atoms with Crippen molar-refractivity contribution >= 4 is 65.9 Å². The van der Waals surface area contributed by atoms with Gasteiger partial charge in [0.2, 0.25) is 0 Å². The van der Waals surface area contributed by atoms with Crippen molar-refractivity contribution in [3.63, 3.8) is 0 Å². The Morgan fingerprint density at radius 2 is 1.31 bits per heavy atom. The van der Waals surface area contributed by atoms with E-state index in [1.165, 1.54) is 59.1 Å². The largest absolute Gasteiger partial charge is 0.398 e. The lowest BCUT2D eigenvalue weighted by atomic mass is 9.93. The van der Waals surface area contributed by atoms with Crippen LogP contribution in [-0.2, 0) is 0 Å². The third-order valence-electron chi connectivity index (χ3n) is 10.0. The van der Waals surface area contributed by atoms with Gasteiger partial charge in [-0.05, 0) is 108 Å². The second-order valence-electron chi connectivity index (χ2n) is 13.2. The molecular formula is C49H40N2S. The molecule has 8 aromatic rings. The molecule has 0 aliphatic rings. The third-order valence-corrected chi connectivity index (χ3v) is 11.2. The number of fused-ring (bicyclic) bond motifs is 3. The van der Waals surface area contributed by atoms with Gasteiger partial charge in [-0.15, -0.1) is 11.3 Å². The number of hydrogen-bond acceptors (Lipinski definition) is 3. The highest BCUT2D eigenvalue weighted by atomic mass is 32.1. The molecule has 3 heteroatoms. The number of nitrogens with two attached hydrogens (primary N) is 1. The summed E-state index contributed by atoms with van der Waals surface area (Å²) in [6.45, 7) is 6.51. The van der Waals surface area contributed by atoms with E-state index in [0.717, 1.165) is 33.9 Å². The first-order valence-corrected chi connectivity index (χ1v) is 18.6. The zero-order valence-corrected chi connectivity index (χ0v) is 30.5. The van der Waals surface area contributed by atoms with Crippen molar-refractivity contribution in [3.8, 4) is 22.3 Å². The molecule has 1 aromatic heterocycles. The molecule has 2 nitrogen and oxygen atoms in total. The van der Waals surface area contributed by atoms with Crippen molar-refractivity contribution in [2.45, 2.75) is 20.8 Å². The standard InChI is InChI=1S/C49H40N2S/c1-4-35(26-27-36-15-12-21-42(34(36)3)41-18-6-5-14-33(41)2)37-28-30-39(31-29-37)51(40-17-11-16-38(32-40)43-19-7-9-23-46(43)50)47-24-13-22-45-44-20-8-10-25-48(44)52-49(45)47/h4-32H,50H2,1-3H3/b27-26-,35-4+. The number of rotatable bonds is 8. The molecule has 0 saturated carbocycles. The molecule has 0 fully saturated rings. The van der Waals surface area contributed by atoms with Crippen molar-refractivity contribution < 1.29 is 0 Å². The van der Waals surface area contributed by atoms with E-state index >= 15 is 0 Å². The van der Waals surface area contributed by atoms with Crippen LogP contribution in [0.3, 0.4) is 0 Å². The number of nitrogen functional groups attached to an aromatic ring is 1. The minimum atomic E-state index is 0.770. The van der Waals surface area contributed by atoms with Crippen LogP contribution in [0.5, 0.6) is 0 Å². The fourth-order valence-corrected chi connectivity index (χ4v) is 8.46. The minimum Gasteiger partial charge on any atom is -0.398 e. The van der Waals surface area contributed by atoms with Gasteiger partial charge in [0.25, 0.3) is 0 Å². The van der Waals surface area contributed by atoms with E-state index in [0.29, 0.717) is 0 Å². The molecule has 0 aliphatic heterocycles. The maximum atomic E-state index is 6.46. The lowest BCUT2D eigenvalue weighted by Crippen LogP contribution is -2.10. The number of benzene rings is 7. The molecule has 2 N–H and O–H groups in total. The lowest BCUT2D eigenvalue weighted by Gasteiger charge is -2.27. The molecule has 0 aliphatic carbocycles. The maximum Gasteiger partial charge on any atom is 0.0640 e. The molecule has 0 spiro atoms. The fourth-order valence-electron chi connectivity index (χ4n) is 7.25. The smallest absolute Gasteiger partial charge is 0.0640 e. The van der Waals surface area contributed by atoms with Gasteiger partial charge in [0, 0.05) is 38.1 Å². The summed E-state index contributed by atoms with van der Waals surface area (Å²) in [6, 6.07) is 56.3. The number of allylic oxidation sites excluding steroid dienone is 3. The number of aryl methyl sites for hydroxylation is 1. The Labute approximate surface area is 310 Å². The van der Waals surface area contributed by atoms with Crippen LogP contribution >= 0.6 is 11.3 Å². The summed E-state index contributed by atoms with van der Waals surface area (Å²) >= 11 is 1.85. The van der Waals surface area contributed by atoms with Crippen LogP contribution in [0.15, 0.2) is 170 Å². The van der Waals surface area contributed by atoms with Gasteiger partial charge in [-0.1, -0.05) is 133 Å². The lowest BCUT2D eigenvalue weighted by molar-refractivity contribution is 1.30. The van der Waals surface area contributed by atoms with Crippen molar-refractivity contribution in [3.05, 3.63) is 192 Å². The van der Waals surface area contributed by atoms with Gasteiger partial charge in [0.15, 0.2) is 0 Å². The van der Waals surface area contributed by atoms with Crippen LogP contribution in [0.1, 0.15) is 29.2 Å². The first kappa shape index (κ1) is 33.0. The average molecular weight is 689 g/mol. The van der Waals surface area contributed by atoms with Gasteiger partial charge in [-0.2, -0.15) is 0 Å². The van der Waals surface area contributed by atoms with Crippen LogP contribution in [-0.4, -0.2) is 0 Å². The second-order valence-corrected chi connectivity index (χ2v) is 14.2. The Morgan fingerprint density at radius 3 is 2.12 bits per heavy atom. The fraction of sp³-hybridized carbons (Fsp3) is 0.0612. The van der Waals surface area contributed by atoms with Crippen molar-refractivity contribution in [1.82, 2.24) is 0 Å². The molecule has 0 bridgehead atoms. The molecule has 0 unspecified atom stereocenters. The molecular weight excluding hydrogens is 649 g/mol. The first-order chi connectivity index (χ1) is 25.5. The van der Waals surface area contributed by atoms with E-state index in [-0.39, 0.29) is 0 Å². The van der Waals surface area contributed by atoms with Crippen LogP contribution in [0.4, 0.5) is 22.7 Å². The molecule has 1 heterocycles. The van der Waals surface area contributed by atoms with Crippen molar-refractivity contribution in [2.75, 3.05) is 10.6 Å². The summed E-state index contributed by atoms with van der Waals surface area (Å²) < 4.78 is 2.55. The Morgan fingerprint density at radius 1 is 0.615 bits per heavy atom. The van der Waals surface area contributed by atoms with E-state index in [9.17, 15) is 0 Å². The highest BCUT2D eigenvalue weighted by Crippen LogP contribution is 2.45. The zero-order valence-electron chi connectivity index (χ0n) is 29.7. The van der Waals surface area contributed by atoms with E-state index in [2.05, 4.69) is 183 Å². The van der Waals surface area contributed by atoms with E-state index in [1.54, 1.807) is 0 Å². The van der Waals surface area contributed by atoms with Crippen LogP contribution in [0.25, 0.3) is 54.1 Å². The molecule has 8 rings (SSSR count). The van der Waals surface area contributed by atoms with Crippen molar-refractivity contribution in [2.24, 2.45) is 0 Å². The van der Waals surface area contributed by atoms with Gasteiger partial charge < -0.3 is 10.6 Å². The maximum absolute atomic E-state index is 6.46. The number of hydrogen-bond donors (Lipinski definition) is 1. The zero-order chi connectivity index (χ0) is 35.6. The quantitative estimate of drug-likeness (QED) is 0.127. The van der Waals surface area contributed by atoms with Crippen LogP contribution in [0.2, 0.25) is 0 Å². The van der Waals surface area contributed by atoms with E-state index in [4.69, 9.17) is 5.73 Å². The average Bonchev–Trinajstić information content (AvgIpc) is 3.57. The van der Waals surface area contributed by atoms with Gasteiger partial charge in [-0.25, -0.2) is 0 Å².